The normalized spacial score (nSPS) is 29.1. The van der Waals surface area contributed by atoms with E-state index in [2.05, 4.69) is 30.6 Å². The van der Waals surface area contributed by atoms with Gasteiger partial charge in [0.25, 0.3) is 0 Å². The maximum absolute atomic E-state index is 4.10. The zero-order valence-electron chi connectivity index (χ0n) is 9.84. The Bertz CT molecular complexity index is 179. The van der Waals surface area contributed by atoms with Gasteiger partial charge in [-0.15, -0.1) is 0 Å². The van der Waals surface area contributed by atoms with E-state index in [-0.39, 0.29) is 0 Å². The number of hydrogen-bond donors (Lipinski definition) is 1. The van der Waals surface area contributed by atoms with Gasteiger partial charge in [-0.3, -0.25) is 4.90 Å². The Morgan fingerprint density at radius 1 is 1.36 bits per heavy atom. The summed E-state index contributed by atoms with van der Waals surface area (Å²) >= 11 is 0. The number of nitrogens with one attached hydrogen (secondary N) is 1. The number of nitrogens with zero attached hydrogens (tertiary/aromatic N) is 1. The Labute approximate surface area is 88.4 Å². The lowest BCUT2D eigenvalue weighted by Gasteiger charge is -2.39. The lowest BCUT2D eigenvalue weighted by molar-refractivity contribution is 0.115. The summed E-state index contributed by atoms with van der Waals surface area (Å²) in [6.07, 6.45) is 4.08. The molecular formula is C12H24N2. The molecule has 1 heterocycles. The molecule has 2 heteroatoms. The minimum Gasteiger partial charge on any atom is -0.316 e. The van der Waals surface area contributed by atoms with Crippen LogP contribution in [0.5, 0.6) is 0 Å². The maximum atomic E-state index is 4.10. The van der Waals surface area contributed by atoms with Crippen molar-refractivity contribution in [2.45, 2.75) is 45.2 Å². The SMILES string of the molecule is C=C(CNC)CN1[C@H](C)CCC[C@@H]1C. The molecule has 0 bridgehead atoms. The molecule has 0 spiro atoms. The summed E-state index contributed by atoms with van der Waals surface area (Å²) in [4.78, 5) is 2.59. The summed E-state index contributed by atoms with van der Waals surface area (Å²) < 4.78 is 0. The van der Waals surface area contributed by atoms with E-state index < -0.39 is 0 Å². The van der Waals surface area contributed by atoms with Gasteiger partial charge in [-0.25, -0.2) is 0 Å². The first-order chi connectivity index (χ1) is 6.65. The fraction of sp³-hybridized carbons (Fsp3) is 0.833. The van der Waals surface area contributed by atoms with Crippen LogP contribution in [-0.4, -0.2) is 37.1 Å². The van der Waals surface area contributed by atoms with Crippen molar-refractivity contribution in [1.82, 2.24) is 10.2 Å². The van der Waals surface area contributed by atoms with Crippen LogP contribution in [0.3, 0.4) is 0 Å². The van der Waals surface area contributed by atoms with E-state index in [0.29, 0.717) is 0 Å². The van der Waals surface area contributed by atoms with Crippen LogP contribution in [0.15, 0.2) is 12.2 Å². The molecule has 0 aliphatic carbocycles. The molecule has 1 saturated heterocycles. The van der Waals surface area contributed by atoms with Gasteiger partial charge in [0.1, 0.15) is 0 Å². The predicted molar refractivity (Wildman–Crippen MR) is 62.5 cm³/mol. The highest BCUT2D eigenvalue weighted by molar-refractivity contribution is 5.01. The molecule has 1 rings (SSSR count). The average Bonchev–Trinajstić information content (AvgIpc) is 2.12. The summed E-state index contributed by atoms with van der Waals surface area (Å²) in [6.45, 7) is 10.8. The van der Waals surface area contributed by atoms with Crippen molar-refractivity contribution in [2.24, 2.45) is 0 Å². The molecule has 1 N–H and O–H groups in total. The Balaban J connectivity index is 2.43. The monoisotopic (exact) mass is 196 g/mol. The molecule has 0 radical (unpaired) electrons. The minimum atomic E-state index is 0.729. The average molecular weight is 196 g/mol. The van der Waals surface area contributed by atoms with E-state index in [1.165, 1.54) is 24.8 Å². The van der Waals surface area contributed by atoms with Gasteiger partial charge in [0.15, 0.2) is 0 Å². The lowest BCUT2D eigenvalue weighted by atomic mass is 9.97. The quantitative estimate of drug-likeness (QED) is 0.692. The number of piperidine rings is 1. The topological polar surface area (TPSA) is 15.3 Å². The number of hydrogen-bond acceptors (Lipinski definition) is 2. The summed E-state index contributed by atoms with van der Waals surface area (Å²) in [7, 11) is 1.98. The van der Waals surface area contributed by atoms with Gasteiger partial charge >= 0.3 is 0 Å². The molecule has 1 fully saturated rings. The highest BCUT2D eigenvalue weighted by atomic mass is 15.2. The lowest BCUT2D eigenvalue weighted by Crippen LogP contribution is -2.45. The van der Waals surface area contributed by atoms with Gasteiger partial charge in [0.05, 0.1) is 0 Å². The summed E-state index contributed by atoms with van der Waals surface area (Å²) in [5.74, 6) is 0. The summed E-state index contributed by atoms with van der Waals surface area (Å²) in [5.41, 5.74) is 1.30. The van der Waals surface area contributed by atoms with Crippen LogP contribution >= 0.6 is 0 Å². The van der Waals surface area contributed by atoms with Gasteiger partial charge in [0.2, 0.25) is 0 Å². The zero-order valence-corrected chi connectivity index (χ0v) is 9.84. The van der Waals surface area contributed by atoms with Crippen molar-refractivity contribution in [3.63, 3.8) is 0 Å². The second kappa shape index (κ2) is 5.52. The molecule has 0 aromatic rings. The molecule has 14 heavy (non-hydrogen) atoms. The molecule has 0 aromatic carbocycles. The fourth-order valence-corrected chi connectivity index (χ4v) is 2.35. The third kappa shape index (κ3) is 3.10. The Morgan fingerprint density at radius 2 is 1.93 bits per heavy atom. The number of likely N-dealkylation sites (N-methyl/N-ethyl adjacent to an activating group) is 1. The first-order valence-electron chi connectivity index (χ1n) is 5.72. The van der Waals surface area contributed by atoms with E-state index in [1.54, 1.807) is 0 Å². The molecule has 2 atom stereocenters. The highest BCUT2D eigenvalue weighted by Crippen LogP contribution is 2.22. The highest BCUT2D eigenvalue weighted by Gasteiger charge is 2.24. The van der Waals surface area contributed by atoms with Gasteiger partial charge in [-0.05, 0) is 39.3 Å². The van der Waals surface area contributed by atoms with E-state index >= 15 is 0 Å². The summed E-state index contributed by atoms with van der Waals surface area (Å²) in [5, 5.41) is 3.16. The van der Waals surface area contributed by atoms with Crippen LogP contribution in [0.2, 0.25) is 0 Å². The van der Waals surface area contributed by atoms with Crippen molar-refractivity contribution in [1.29, 1.82) is 0 Å². The van der Waals surface area contributed by atoms with Crippen molar-refractivity contribution in [3.05, 3.63) is 12.2 Å². The molecule has 0 aromatic heterocycles. The number of rotatable bonds is 4. The smallest absolute Gasteiger partial charge is 0.0208 e. The molecular weight excluding hydrogens is 172 g/mol. The Hall–Kier alpha value is -0.340. The Morgan fingerprint density at radius 3 is 2.43 bits per heavy atom. The van der Waals surface area contributed by atoms with E-state index in [0.717, 1.165) is 25.2 Å². The van der Waals surface area contributed by atoms with Gasteiger partial charge in [-0.1, -0.05) is 13.0 Å². The second-order valence-electron chi connectivity index (χ2n) is 4.58. The maximum Gasteiger partial charge on any atom is 0.0208 e. The van der Waals surface area contributed by atoms with E-state index in [4.69, 9.17) is 0 Å². The van der Waals surface area contributed by atoms with E-state index in [9.17, 15) is 0 Å². The molecule has 0 unspecified atom stereocenters. The molecule has 82 valence electrons. The van der Waals surface area contributed by atoms with Crippen molar-refractivity contribution < 1.29 is 0 Å². The van der Waals surface area contributed by atoms with Crippen LogP contribution in [0, 0.1) is 0 Å². The van der Waals surface area contributed by atoms with Crippen molar-refractivity contribution >= 4 is 0 Å². The number of likely N-dealkylation sites (tertiary alicyclic amines) is 1. The zero-order chi connectivity index (χ0) is 10.6. The molecule has 2 nitrogen and oxygen atoms in total. The molecule has 1 aliphatic heterocycles. The van der Waals surface area contributed by atoms with Gasteiger partial charge < -0.3 is 5.32 Å². The first-order valence-corrected chi connectivity index (χ1v) is 5.72. The van der Waals surface area contributed by atoms with Crippen molar-refractivity contribution in [3.8, 4) is 0 Å². The largest absolute Gasteiger partial charge is 0.316 e. The van der Waals surface area contributed by atoms with Gasteiger partial charge in [0, 0.05) is 25.2 Å². The third-order valence-electron chi connectivity index (χ3n) is 3.21. The third-order valence-corrected chi connectivity index (χ3v) is 3.21. The second-order valence-corrected chi connectivity index (χ2v) is 4.58. The molecule has 1 aliphatic rings. The fourth-order valence-electron chi connectivity index (χ4n) is 2.35. The van der Waals surface area contributed by atoms with Crippen LogP contribution in [0.1, 0.15) is 33.1 Å². The van der Waals surface area contributed by atoms with Crippen LogP contribution in [0.25, 0.3) is 0 Å². The predicted octanol–water partition coefficient (Wildman–Crippen LogP) is 2.02. The molecule has 0 saturated carbocycles. The van der Waals surface area contributed by atoms with Gasteiger partial charge in [-0.2, -0.15) is 0 Å². The van der Waals surface area contributed by atoms with Crippen LogP contribution in [0.4, 0.5) is 0 Å². The standard InChI is InChI=1S/C12H24N2/c1-10(8-13-4)9-14-11(2)6-5-7-12(14)3/h11-13H,1,5-9H2,2-4H3/t11-,12+. The Kier molecular flexibility index (Phi) is 4.63. The molecule has 0 amide bonds. The summed E-state index contributed by atoms with van der Waals surface area (Å²) in [6, 6.07) is 1.46. The minimum absolute atomic E-state index is 0.729. The van der Waals surface area contributed by atoms with Crippen LogP contribution < -0.4 is 5.32 Å². The van der Waals surface area contributed by atoms with E-state index in [1.807, 2.05) is 7.05 Å². The van der Waals surface area contributed by atoms with Crippen molar-refractivity contribution in [2.75, 3.05) is 20.1 Å². The first kappa shape index (κ1) is 11.7. The van der Waals surface area contributed by atoms with Crippen LogP contribution in [-0.2, 0) is 0 Å².